The van der Waals surface area contributed by atoms with Crippen molar-refractivity contribution in [2.45, 2.75) is 37.8 Å². The van der Waals surface area contributed by atoms with Crippen molar-refractivity contribution in [2.24, 2.45) is 0 Å². The molecule has 5 heteroatoms. The Bertz CT molecular complexity index is 504. The zero-order chi connectivity index (χ0) is 13.9. The first-order valence-corrected chi connectivity index (χ1v) is 7.15. The molecule has 2 fully saturated rings. The minimum atomic E-state index is -0.0490. The third-order valence-electron chi connectivity index (χ3n) is 3.47. The van der Waals surface area contributed by atoms with Gasteiger partial charge in [-0.1, -0.05) is 0 Å². The Kier molecular flexibility index (Phi) is 3.69. The minimum absolute atomic E-state index is 0.0409. The number of anilines is 1. The van der Waals surface area contributed by atoms with Gasteiger partial charge in [0.15, 0.2) is 0 Å². The fourth-order valence-corrected chi connectivity index (χ4v) is 1.93. The van der Waals surface area contributed by atoms with Gasteiger partial charge in [-0.2, -0.15) is 0 Å². The molecule has 0 aliphatic heterocycles. The highest BCUT2D eigenvalue weighted by Crippen LogP contribution is 2.20. The summed E-state index contributed by atoms with van der Waals surface area (Å²) in [5.74, 6) is -0.0899. The Morgan fingerprint density at radius 3 is 2.25 bits per heavy atom. The summed E-state index contributed by atoms with van der Waals surface area (Å²) in [6, 6.07) is 7.88. The predicted octanol–water partition coefficient (Wildman–Crippen LogP) is 1.27. The van der Waals surface area contributed by atoms with Crippen LogP contribution in [0.25, 0.3) is 0 Å². The Morgan fingerprint density at radius 2 is 1.65 bits per heavy atom. The molecule has 0 bridgehead atoms. The van der Waals surface area contributed by atoms with Gasteiger partial charge in [-0.3, -0.25) is 9.59 Å². The molecule has 0 spiro atoms. The molecule has 1 aromatic carbocycles. The highest BCUT2D eigenvalue weighted by Gasteiger charge is 2.23. The maximum Gasteiger partial charge on any atom is 0.251 e. The molecule has 2 amide bonds. The molecule has 3 N–H and O–H groups in total. The molecular formula is C15H19N3O2. The van der Waals surface area contributed by atoms with Crippen molar-refractivity contribution >= 4 is 17.5 Å². The zero-order valence-corrected chi connectivity index (χ0v) is 11.3. The van der Waals surface area contributed by atoms with Gasteiger partial charge in [-0.05, 0) is 49.9 Å². The van der Waals surface area contributed by atoms with E-state index in [-0.39, 0.29) is 11.8 Å². The van der Waals surface area contributed by atoms with Crippen molar-refractivity contribution in [3.63, 3.8) is 0 Å². The molecule has 0 aromatic heterocycles. The van der Waals surface area contributed by atoms with Crippen molar-refractivity contribution in [3.8, 4) is 0 Å². The molecule has 0 unspecified atom stereocenters. The highest BCUT2D eigenvalue weighted by atomic mass is 16.2. The van der Waals surface area contributed by atoms with Crippen LogP contribution in [0.2, 0.25) is 0 Å². The Hall–Kier alpha value is -1.88. The monoisotopic (exact) mass is 273 g/mol. The van der Waals surface area contributed by atoms with Crippen LogP contribution in [0.3, 0.4) is 0 Å². The van der Waals surface area contributed by atoms with Gasteiger partial charge in [0, 0.05) is 23.3 Å². The first-order valence-electron chi connectivity index (χ1n) is 7.15. The lowest BCUT2D eigenvalue weighted by atomic mass is 10.2. The lowest BCUT2D eigenvalue weighted by Crippen LogP contribution is -2.29. The molecule has 2 saturated carbocycles. The van der Waals surface area contributed by atoms with Crippen molar-refractivity contribution in [3.05, 3.63) is 29.8 Å². The second-order valence-corrected chi connectivity index (χ2v) is 5.53. The zero-order valence-electron chi connectivity index (χ0n) is 11.3. The molecule has 2 aliphatic carbocycles. The van der Waals surface area contributed by atoms with Crippen LogP contribution >= 0.6 is 0 Å². The SMILES string of the molecule is O=C(CNC1CC1)Nc1ccc(C(=O)NC2CC2)cc1. The van der Waals surface area contributed by atoms with Crippen LogP contribution in [-0.4, -0.2) is 30.4 Å². The number of amides is 2. The number of hydrogen-bond acceptors (Lipinski definition) is 3. The topological polar surface area (TPSA) is 70.2 Å². The summed E-state index contributed by atoms with van der Waals surface area (Å²) in [4.78, 5) is 23.5. The summed E-state index contributed by atoms with van der Waals surface area (Å²) in [6.45, 7) is 0.342. The van der Waals surface area contributed by atoms with E-state index in [1.807, 2.05) is 0 Å². The summed E-state index contributed by atoms with van der Waals surface area (Å²) in [5, 5.41) is 8.90. The van der Waals surface area contributed by atoms with Gasteiger partial charge in [0.25, 0.3) is 5.91 Å². The molecule has 5 nitrogen and oxygen atoms in total. The molecule has 0 heterocycles. The lowest BCUT2D eigenvalue weighted by molar-refractivity contribution is -0.115. The van der Waals surface area contributed by atoms with E-state index in [4.69, 9.17) is 0 Å². The summed E-state index contributed by atoms with van der Waals surface area (Å²) < 4.78 is 0. The number of carbonyl (C=O) groups is 2. The van der Waals surface area contributed by atoms with Gasteiger partial charge < -0.3 is 16.0 Å². The Morgan fingerprint density at radius 1 is 1.00 bits per heavy atom. The van der Waals surface area contributed by atoms with Crippen LogP contribution in [0.4, 0.5) is 5.69 Å². The van der Waals surface area contributed by atoms with Crippen LogP contribution in [-0.2, 0) is 4.79 Å². The molecule has 0 atom stereocenters. The van der Waals surface area contributed by atoms with Crippen LogP contribution < -0.4 is 16.0 Å². The summed E-state index contributed by atoms with van der Waals surface area (Å²) in [6.07, 6.45) is 4.48. The van der Waals surface area contributed by atoms with Crippen LogP contribution in [0.1, 0.15) is 36.0 Å². The minimum Gasteiger partial charge on any atom is -0.349 e. The Labute approximate surface area is 118 Å². The van der Waals surface area contributed by atoms with E-state index < -0.39 is 0 Å². The first-order chi connectivity index (χ1) is 9.70. The average molecular weight is 273 g/mol. The maximum atomic E-state index is 11.8. The Balaban J connectivity index is 1.49. The second kappa shape index (κ2) is 5.63. The smallest absolute Gasteiger partial charge is 0.251 e. The van der Waals surface area contributed by atoms with Gasteiger partial charge >= 0.3 is 0 Å². The van der Waals surface area contributed by atoms with E-state index in [0.717, 1.165) is 31.4 Å². The van der Waals surface area contributed by atoms with E-state index in [1.165, 1.54) is 0 Å². The van der Waals surface area contributed by atoms with E-state index in [2.05, 4.69) is 16.0 Å². The van der Waals surface area contributed by atoms with Crippen molar-refractivity contribution in [1.82, 2.24) is 10.6 Å². The van der Waals surface area contributed by atoms with Crippen molar-refractivity contribution in [1.29, 1.82) is 0 Å². The highest BCUT2D eigenvalue weighted by molar-refractivity contribution is 5.96. The number of carbonyl (C=O) groups excluding carboxylic acids is 2. The van der Waals surface area contributed by atoms with E-state index in [1.54, 1.807) is 24.3 Å². The van der Waals surface area contributed by atoms with E-state index in [9.17, 15) is 9.59 Å². The van der Waals surface area contributed by atoms with E-state index in [0.29, 0.717) is 24.2 Å². The van der Waals surface area contributed by atoms with Gasteiger partial charge in [0.1, 0.15) is 0 Å². The number of benzene rings is 1. The molecule has 0 saturated heterocycles. The molecule has 3 rings (SSSR count). The molecule has 106 valence electrons. The second-order valence-electron chi connectivity index (χ2n) is 5.53. The van der Waals surface area contributed by atoms with Gasteiger partial charge in [-0.25, -0.2) is 0 Å². The molecule has 2 aliphatic rings. The van der Waals surface area contributed by atoms with Crippen LogP contribution in [0, 0.1) is 0 Å². The largest absolute Gasteiger partial charge is 0.349 e. The summed E-state index contributed by atoms with van der Waals surface area (Å²) >= 11 is 0. The predicted molar refractivity (Wildman–Crippen MR) is 76.6 cm³/mol. The van der Waals surface area contributed by atoms with E-state index >= 15 is 0 Å². The maximum absolute atomic E-state index is 11.8. The summed E-state index contributed by atoms with van der Waals surface area (Å²) in [7, 11) is 0. The van der Waals surface area contributed by atoms with Gasteiger partial charge in [0.2, 0.25) is 5.91 Å². The molecular weight excluding hydrogens is 254 g/mol. The van der Waals surface area contributed by atoms with Crippen LogP contribution in [0.15, 0.2) is 24.3 Å². The molecule has 1 aromatic rings. The molecule has 20 heavy (non-hydrogen) atoms. The van der Waals surface area contributed by atoms with Crippen LogP contribution in [0.5, 0.6) is 0 Å². The van der Waals surface area contributed by atoms with Crippen molar-refractivity contribution in [2.75, 3.05) is 11.9 Å². The number of nitrogens with one attached hydrogen (secondary N) is 3. The normalized spacial score (nSPS) is 17.6. The fraction of sp³-hybridized carbons (Fsp3) is 0.467. The van der Waals surface area contributed by atoms with Gasteiger partial charge in [0.05, 0.1) is 6.54 Å². The standard InChI is InChI=1S/C15H19N3O2/c19-14(9-16-11-5-6-11)17-12-3-1-10(2-4-12)15(20)18-13-7-8-13/h1-4,11,13,16H,5-9H2,(H,17,19)(H,18,20). The quantitative estimate of drug-likeness (QED) is 0.731. The lowest BCUT2D eigenvalue weighted by Gasteiger charge is -2.07. The third-order valence-corrected chi connectivity index (χ3v) is 3.47. The summed E-state index contributed by atoms with van der Waals surface area (Å²) in [5.41, 5.74) is 1.35. The molecule has 0 radical (unpaired) electrons. The van der Waals surface area contributed by atoms with Gasteiger partial charge in [-0.15, -0.1) is 0 Å². The fourth-order valence-electron chi connectivity index (χ4n) is 1.93. The number of hydrogen-bond donors (Lipinski definition) is 3. The first kappa shape index (κ1) is 13.1. The average Bonchev–Trinajstić information content (AvgIpc) is 3.32. The third kappa shape index (κ3) is 3.81. The van der Waals surface area contributed by atoms with Crippen molar-refractivity contribution < 1.29 is 9.59 Å². The number of rotatable bonds is 6.